The SMILES string of the molecule is CC(=O)N[C@H]1[C@H](OCCCC(=O)O)O[C@H](COC(C)=O)[C@H](OC(C)=O)[C@@H]1OC(C)=O. The van der Waals surface area contributed by atoms with Crippen molar-refractivity contribution in [3.05, 3.63) is 0 Å². The maximum Gasteiger partial charge on any atom is 0.303 e. The molecule has 1 heterocycles. The van der Waals surface area contributed by atoms with Crippen LogP contribution in [0.2, 0.25) is 0 Å². The van der Waals surface area contributed by atoms with Gasteiger partial charge in [0.2, 0.25) is 5.91 Å². The molecule has 1 rings (SSSR count). The first kappa shape index (κ1) is 25.3. The van der Waals surface area contributed by atoms with Gasteiger partial charge in [0.15, 0.2) is 18.5 Å². The second-order valence-corrected chi connectivity index (χ2v) is 6.59. The van der Waals surface area contributed by atoms with E-state index in [1.54, 1.807) is 0 Å². The van der Waals surface area contributed by atoms with Crippen molar-refractivity contribution in [3.63, 3.8) is 0 Å². The summed E-state index contributed by atoms with van der Waals surface area (Å²) in [6.07, 6.45) is -4.69. The Hall–Kier alpha value is -2.73. The van der Waals surface area contributed by atoms with E-state index in [0.717, 1.165) is 13.8 Å². The zero-order valence-electron chi connectivity index (χ0n) is 17.2. The van der Waals surface area contributed by atoms with Gasteiger partial charge in [0, 0.05) is 34.1 Å². The van der Waals surface area contributed by atoms with E-state index in [2.05, 4.69) is 5.32 Å². The second-order valence-electron chi connectivity index (χ2n) is 6.59. The molecule has 170 valence electrons. The zero-order chi connectivity index (χ0) is 22.8. The van der Waals surface area contributed by atoms with Crippen molar-refractivity contribution >= 4 is 29.8 Å². The molecule has 5 atom stereocenters. The molecule has 1 aliphatic heterocycles. The molecule has 1 amide bonds. The molecule has 12 nitrogen and oxygen atoms in total. The lowest BCUT2D eigenvalue weighted by molar-refractivity contribution is -0.277. The standard InChI is InChI=1S/C18H27NO11/c1-9(20)19-15-17(29-12(4)23)16(28-11(3)22)13(8-27-10(2)21)30-18(15)26-7-5-6-14(24)25/h13,15-18H,5-8H2,1-4H3,(H,19,20)(H,24,25)/t13-,15-,16+,17-,18-/m1/s1. The van der Waals surface area contributed by atoms with Crippen LogP contribution in [0, 0.1) is 0 Å². The molecule has 0 spiro atoms. The Bertz CT molecular complexity index is 650. The molecule has 0 aliphatic carbocycles. The topological polar surface area (TPSA) is 164 Å². The minimum Gasteiger partial charge on any atom is -0.481 e. The highest BCUT2D eigenvalue weighted by atomic mass is 16.7. The Kier molecular flexibility index (Phi) is 10.2. The Morgan fingerprint density at radius 1 is 0.933 bits per heavy atom. The number of carboxylic acids is 1. The van der Waals surface area contributed by atoms with E-state index in [-0.39, 0.29) is 26.1 Å². The second kappa shape index (κ2) is 12.1. The number of nitrogens with one attached hydrogen (secondary N) is 1. The number of carbonyl (C=O) groups excluding carboxylic acids is 4. The number of rotatable bonds is 10. The normalized spacial score (nSPS) is 25.7. The van der Waals surface area contributed by atoms with E-state index in [1.165, 1.54) is 13.8 Å². The summed E-state index contributed by atoms with van der Waals surface area (Å²) in [6, 6.07) is -1.07. The molecule has 0 aromatic heterocycles. The minimum atomic E-state index is -1.21. The summed E-state index contributed by atoms with van der Waals surface area (Å²) in [6.45, 7) is 4.28. The van der Waals surface area contributed by atoms with Crippen molar-refractivity contribution in [1.82, 2.24) is 5.32 Å². The predicted molar refractivity (Wildman–Crippen MR) is 96.8 cm³/mol. The number of carbonyl (C=O) groups is 5. The Balaban J connectivity index is 3.17. The van der Waals surface area contributed by atoms with Crippen LogP contribution in [0.5, 0.6) is 0 Å². The van der Waals surface area contributed by atoms with Gasteiger partial charge < -0.3 is 34.1 Å². The largest absolute Gasteiger partial charge is 0.481 e. The molecule has 0 unspecified atom stereocenters. The molecule has 0 saturated carbocycles. The summed E-state index contributed by atoms with van der Waals surface area (Å²) >= 11 is 0. The summed E-state index contributed by atoms with van der Waals surface area (Å²) < 4.78 is 26.8. The van der Waals surface area contributed by atoms with Crippen LogP contribution in [0.3, 0.4) is 0 Å². The molecule has 0 bridgehead atoms. The van der Waals surface area contributed by atoms with Gasteiger partial charge in [-0.25, -0.2) is 0 Å². The number of carboxylic acid groups (broad SMARTS) is 1. The summed E-state index contributed by atoms with van der Waals surface area (Å²) in [5, 5.41) is 11.3. The molecule has 12 heteroatoms. The lowest BCUT2D eigenvalue weighted by atomic mass is 9.96. The van der Waals surface area contributed by atoms with Crippen LogP contribution in [0.4, 0.5) is 0 Å². The average molecular weight is 433 g/mol. The molecule has 0 radical (unpaired) electrons. The van der Waals surface area contributed by atoms with Gasteiger partial charge >= 0.3 is 23.9 Å². The van der Waals surface area contributed by atoms with Crippen molar-refractivity contribution < 1.29 is 52.8 Å². The summed E-state index contributed by atoms with van der Waals surface area (Å²) in [4.78, 5) is 56.9. The van der Waals surface area contributed by atoms with Crippen molar-refractivity contribution in [1.29, 1.82) is 0 Å². The maximum absolute atomic E-state index is 11.7. The predicted octanol–water partition coefficient (Wildman–Crippen LogP) is -0.476. The number of amides is 1. The van der Waals surface area contributed by atoms with E-state index in [1.807, 2.05) is 0 Å². The van der Waals surface area contributed by atoms with Gasteiger partial charge in [-0.1, -0.05) is 0 Å². The lowest BCUT2D eigenvalue weighted by Crippen LogP contribution is -2.66. The third kappa shape index (κ3) is 8.74. The van der Waals surface area contributed by atoms with Gasteiger partial charge in [-0.05, 0) is 6.42 Å². The van der Waals surface area contributed by atoms with Crippen LogP contribution in [0.1, 0.15) is 40.5 Å². The first-order valence-electron chi connectivity index (χ1n) is 9.25. The van der Waals surface area contributed by atoms with Crippen LogP contribution < -0.4 is 5.32 Å². The summed E-state index contributed by atoms with van der Waals surface area (Å²) in [5.74, 6) is -3.56. The summed E-state index contributed by atoms with van der Waals surface area (Å²) in [5.41, 5.74) is 0. The van der Waals surface area contributed by atoms with Crippen molar-refractivity contribution in [2.75, 3.05) is 13.2 Å². The molecule has 1 saturated heterocycles. The zero-order valence-corrected chi connectivity index (χ0v) is 17.2. The molecule has 0 aromatic rings. The third-order valence-corrected chi connectivity index (χ3v) is 3.89. The quantitative estimate of drug-likeness (QED) is 0.260. The lowest BCUT2D eigenvalue weighted by Gasteiger charge is -2.44. The van der Waals surface area contributed by atoms with E-state index in [0.29, 0.717) is 0 Å². The van der Waals surface area contributed by atoms with Crippen LogP contribution >= 0.6 is 0 Å². The highest BCUT2D eigenvalue weighted by Crippen LogP contribution is 2.28. The van der Waals surface area contributed by atoms with Gasteiger partial charge in [0.25, 0.3) is 0 Å². The number of hydrogen-bond donors (Lipinski definition) is 2. The Labute approximate surface area is 173 Å². The Morgan fingerprint density at radius 3 is 2.03 bits per heavy atom. The fourth-order valence-corrected chi connectivity index (χ4v) is 2.86. The number of esters is 3. The number of aliphatic carboxylic acids is 1. The van der Waals surface area contributed by atoms with Crippen molar-refractivity contribution in [2.24, 2.45) is 0 Å². The van der Waals surface area contributed by atoms with Crippen LogP contribution in [0.15, 0.2) is 0 Å². The van der Waals surface area contributed by atoms with Crippen molar-refractivity contribution in [2.45, 2.75) is 71.2 Å². The number of ether oxygens (including phenoxy) is 5. The monoisotopic (exact) mass is 433 g/mol. The Morgan fingerprint density at radius 2 is 1.53 bits per heavy atom. The van der Waals surface area contributed by atoms with Gasteiger partial charge in [0.05, 0.1) is 6.61 Å². The van der Waals surface area contributed by atoms with Gasteiger partial charge in [0.1, 0.15) is 18.8 Å². The molecule has 1 aliphatic rings. The first-order valence-corrected chi connectivity index (χ1v) is 9.25. The van der Waals surface area contributed by atoms with E-state index >= 15 is 0 Å². The molecule has 30 heavy (non-hydrogen) atoms. The maximum atomic E-state index is 11.7. The molecule has 0 aromatic carbocycles. The smallest absolute Gasteiger partial charge is 0.303 e. The highest BCUT2D eigenvalue weighted by Gasteiger charge is 2.51. The highest BCUT2D eigenvalue weighted by molar-refractivity contribution is 5.73. The van der Waals surface area contributed by atoms with E-state index < -0.39 is 60.4 Å². The molecule has 1 fully saturated rings. The summed E-state index contributed by atoms with van der Waals surface area (Å²) in [7, 11) is 0. The molecule has 2 N–H and O–H groups in total. The first-order chi connectivity index (χ1) is 14.0. The van der Waals surface area contributed by atoms with Crippen LogP contribution in [-0.2, 0) is 47.7 Å². The minimum absolute atomic E-state index is 0.0433. The van der Waals surface area contributed by atoms with Crippen LogP contribution in [0.25, 0.3) is 0 Å². The number of hydrogen-bond acceptors (Lipinski definition) is 10. The fraction of sp³-hybridized carbons (Fsp3) is 0.722. The van der Waals surface area contributed by atoms with Crippen molar-refractivity contribution in [3.8, 4) is 0 Å². The van der Waals surface area contributed by atoms with Gasteiger partial charge in [-0.15, -0.1) is 0 Å². The van der Waals surface area contributed by atoms with Gasteiger partial charge in [-0.2, -0.15) is 0 Å². The third-order valence-electron chi connectivity index (χ3n) is 3.89. The van der Waals surface area contributed by atoms with E-state index in [9.17, 15) is 24.0 Å². The fourth-order valence-electron chi connectivity index (χ4n) is 2.86. The van der Waals surface area contributed by atoms with Crippen LogP contribution in [-0.4, -0.2) is 78.7 Å². The van der Waals surface area contributed by atoms with E-state index in [4.69, 9.17) is 28.8 Å². The van der Waals surface area contributed by atoms with Gasteiger partial charge in [-0.3, -0.25) is 24.0 Å². The molecular weight excluding hydrogens is 406 g/mol. The molecular formula is C18H27NO11. The average Bonchev–Trinajstić information content (AvgIpc) is 2.60.